The number of carbonyl (C=O) groups excluding carboxylic acids is 1. The highest BCUT2D eigenvalue weighted by molar-refractivity contribution is 5.85. The highest BCUT2D eigenvalue weighted by Gasteiger charge is 2.25. The number of benzene rings is 1. The summed E-state index contributed by atoms with van der Waals surface area (Å²) >= 11 is 0. The van der Waals surface area contributed by atoms with Crippen LogP contribution in [-0.2, 0) is 11.3 Å². The summed E-state index contributed by atoms with van der Waals surface area (Å²) in [6.07, 6.45) is 5.13. The van der Waals surface area contributed by atoms with Gasteiger partial charge in [0.1, 0.15) is 5.82 Å². The average Bonchev–Trinajstić information content (AvgIpc) is 2.61. The molecular formula is C19H28Cl2FN3O. The summed E-state index contributed by atoms with van der Waals surface area (Å²) < 4.78 is 13.3. The Bertz CT molecular complexity index is 612. The predicted octanol–water partition coefficient (Wildman–Crippen LogP) is 2.92. The monoisotopic (exact) mass is 403 g/mol. The maximum atomic E-state index is 13.3. The van der Waals surface area contributed by atoms with Crippen LogP contribution >= 0.6 is 24.8 Å². The van der Waals surface area contributed by atoms with Crippen LogP contribution in [0.25, 0.3) is 0 Å². The van der Waals surface area contributed by atoms with Crippen molar-refractivity contribution >= 4 is 30.7 Å². The van der Waals surface area contributed by atoms with Crippen molar-refractivity contribution in [3.8, 4) is 0 Å². The molecule has 3 rings (SSSR count). The first-order valence-electron chi connectivity index (χ1n) is 8.84. The quantitative estimate of drug-likeness (QED) is 0.742. The zero-order chi connectivity index (χ0) is 16.8. The minimum Gasteiger partial charge on any atom is -0.352 e. The van der Waals surface area contributed by atoms with Gasteiger partial charge in [0.05, 0.1) is 5.92 Å². The molecule has 2 aliphatic rings. The number of nitrogens with zero attached hydrogens (tertiary/aromatic N) is 1. The molecule has 1 atom stereocenters. The van der Waals surface area contributed by atoms with Crippen molar-refractivity contribution in [1.82, 2.24) is 15.5 Å². The maximum absolute atomic E-state index is 13.3. The lowest BCUT2D eigenvalue weighted by Crippen LogP contribution is -2.43. The second-order valence-corrected chi connectivity index (χ2v) is 6.74. The summed E-state index contributed by atoms with van der Waals surface area (Å²) in [5, 5.41) is 6.37. The number of rotatable bonds is 5. The van der Waals surface area contributed by atoms with Crippen LogP contribution in [0.3, 0.4) is 0 Å². The molecular weight excluding hydrogens is 376 g/mol. The Kier molecular flexibility index (Phi) is 10.2. The topological polar surface area (TPSA) is 44.4 Å². The highest BCUT2D eigenvalue weighted by atomic mass is 35.5. The van der Waals surface area contributed by atoms with E-state index >= 15 is 0 Å². The van der Waals surface area contributed by atoms with Crippen LogP contribution in [0.4, 0.5) is 4.39 Å². The van der Waals surface area contributed by atoms with E-state index in [1.54, 1.807) is 12.1 Å². The summed E-state index contributed by atoms with van der Waals surface area (Å²) in [5.74, 6) is -0.0120. The zero-order valence-electron chi connectivity index (χ0n) is 14.9. The Morgan fingerprint density at radius 2 is 2.19 bits per heavy atom. The van der Waals surface area contributed by atoms with E-state index in [2.05, 4.69) is 21.6 Å². The van der Waals surface area contributed by atoms with Crippen molar-refractivity contribution in [2.24, 2.45) is 5.92 Å². The molecule has 1 aromatic rings. The van der Waals surface area contributed by atoms with Gasteiger partial charge >= 0.3 is 0 Å². The molecule has 1 amide bonds. The van der Waals surface area contributed by atoms with Crippen LogP contribution < -0.4 is 10.6 Å². The van der Waals surface area contributed by atoms with Crippen LogP contribution in [0.15, 0.2) is 35.9 Å². The van der Waals surface area contributed by atoms with Crippen LogP contribution in [0.5, 0.6) is 0 Å². The Labute approximate surface area is 167 Å². The normalized spacial score (nSPS) is 20.3. The SMILES string of the molecule is Cl.Cl.O=C(NCC1=CCNCC1)C1CCCN(Cc2cccc(F)c2)C1. The molecule has 4 nitrogen and oxygen atoms in total. The number of hydrogen-bond acceptors (Lipinski definition) is 3. The average molecular weight is 404 g/mol. The van der Waals surface area contributed by atoms with Crippen molar-refractivity contribution in [1.29, 1.82) is 0 Å². The van der Waals surface area contributed by atoms with Gasteiger partial charge in [0.2, 0.25) is 5.91 Å². The molecule has 0 saturated carbocycles. The highest BCUT2D eigenvalue weighted by Crippen LogP contribution is 2.19. The van der Waals surface area contributed by atoms with Gasteiger partial charge in [0, 0.05) is 26.2 Å². The Balaban J connectivity index is 0.00000169. The van der Waals surface area contributed by atoms with Crippen molar-refractivity contribution in [3.63, 3.8) is 0 Å². The third-order valence-electron chi connectivity index (χ3n) is 4.82. The summed E-state index contributed by atoms with van der Waals surface area (Å²) in [5.41, 5.74) is 2.28. The molecule has 2 aliphatic heterocycles. The van der Waals surface area contributed by atoms with Gasteiger partial charge in [0.15, 0.2) is 0 Å². The van der Waals surface area contributed by atoms with Crippen LogP contribution in [0.2, 0.25) is 0 Å². The maximum Gasteiger partial charge on any atom is 0.224 e. The third-order valence-corrected chi connectivity index (χ3v) is 4.82. The van der Waals surface area contributed by atoms with Crippen molar-refractivity contribution in [3.05, 3.63) is 47.3 Å². The van der Waals surface area contributed by atoms with Gasteiger partial charge in [0.25, 0.3) is 0 Å². The van der Waals surface area contributed by atoms with Gasteiger partial charge < -0.3 is 10.6 Å². The lowest BCUT2D eigenvalue weighted by molar-refractivity contribution is -0.126. The van der Waals surface area contributed by atoms with Gasteiger partial charge in [-0.2, -0.15) is 0 Å². The Hall–Kier alpha value is -1.14. The lowest BCUT2D eigenvalue weighted by atomic mass is 9.96. The molecule has 0 spiro atoms. The second-order valence-electron chi connectivity index (χ2n) is 6.74. The third kappa shape index (κ3) is 6.88. The van der Waals surface area contributed by atoms with E-state index in [9.17, 15) is 9.18 Å². The first-order valence-corrected chi connectivity index (χ1v) is 8.84. The number of hydrogen-bond donors (Lipinski definition) is 2. The fraction of sp³-hybridized carbons (Fsp3) is 0.526. The molecule has 26 heavy (non-hydrogen) atoms. The molecule has 0 bridgehead atoms. The first kappa shape index (κ1) is 22.9. The fourth-order valence-electron chi connectivity index (χ4n) is 3.48. The largest absolute Gasteiger partial charge is 0.352 e. The Morgan fingerprint density at radius 3 is 2.92 bits per heavy atom. The minimum absolute atomic E-state index is 0. The number of nitrogens with one attached hydrogen (secondary N) is 2. The van der Waals surface area contributed by atoms with Crippen molar-refractivity contribution < 1.29 is 9.18 Å². The summed E-state index contributed by atoms with van der Waals surface area (Å²) in [7, 11) is 0. The summed E-state index contributed by atoms with van der Waals surface area (Å²) in [6, 6.07) is 6.72. The number of halogens is 3. The van der Waals surface area contributed by atoms with E-state index < -0.39 is 0 Å². The summed E-state index contributed by atoms with van der Waals surface area (Å²) in [6.45, 7) is 4.99. The van der Waals surface area contributed by atoms with Crippen LogP contribution in [0, 0.1) is 11.7 Å². The number of amides is 1. The summed E-state index contributed by atoms with van der Waals surface area (Å²) in [4.78, 5) is 14.7. The van der Waals surface area contributed by atoms with Gasteiger partial charge in [-0.3, -0.25) is 9.69 Å². The van der Waals surface area contributed by atoms with Crippen LogP contribution in [0.1, 0.15) is 24.8 Å². The van der Waals surface area contributed by atoms with E-state index in [4.69, 9.17) is 0 Å². The minimum atomic E-state index is -0.200. The van der Waals surface area contributed by atoms with E-state index in [1.807, 2.05) is 6.07 Å². The molecule has 1 aromatic carbocycles. The molecule has 1 fully saturated rings. The fourth-order valence-corrected chi connectivity index (χ4v) is 3.48. The molecule has 2 heterocycles. The predicted molar refractivity (Wildman–Crippen MR) is 107 cm³/mol. The molecule has 0 aromatic heterocycles. The van der Waals surface area contributed by atoms with Crippen LogP contribution in [-0.4, -0.2) is 43.5 Å². The molecule has 0 radical (unpaired) electrons. The molecule has 1 saturated heterocycles. The van der Waals surface area contributed by atoms with E-state index in [0.29, 0.717) is 13.1 Å². The van der Waals surface area contributed by atoms with Crippen molar-refractivity contribution in [2.75, 3.05) is 32.7 Å². The molecule has 7 heteroatoms. The number of carbonyl (C=O) groups is 1. The van der Waals surface area contributed by atoms with Gasteiger partial charge in [-0.15, -0.1) is 24.8 Å². The molecule has 2 N–H and O–H groups in total. The van der Waals surface area contributed by atoms with Gasteiger partial charge in [-0.05, 0) is 50.0 Å². The smallest absolute Gasteiger partial charge is 0.224 e. The lowest BCUT2D eigenvalue weighted by Gasteiger charge is -2.32. The Morgan fingerprint density at radius 1 is 1.35 bits per heavy atom. The molecule has 0 aliphatic carbocycles. The van der Waals surface area contributed by atoms with E-state index in [-0.39, 0.29) is 42.5 Å². The number of piperidine rings is 1. The molecule has 146 valence electrons. The molecule has 1 unspecified atom stereocenters. The number of likely N-dealkylation sites (tertiary alicyclic amines) is 1. The van der Waals surface area contributed by atoms with Gasteiger partial charge in [-0.1, -0.05) is 23.8 Å². The zero-order valence-corrected chi connectivity index (χ0v) is 16.5. The standard InChI is InChI=1S/C19H26FN3O.2ClH/c20-18-5-1-3-16(11-18)13-23-10-2-4-17(14-23)19(24)22-12-15-6-8-21-9-7-15;;/h1,3,5-6,11,17,21H,2,4,7-10,12-14H2,(H,22,24);2*1H. The second kappa shape index (κ2) is 11.5. The van der Waals surface area contributed by atoms with E-state index in [1.165, 1.54) is 11.6 Å². The van der Waals surface area contributed by atoms with Gasteiger partial charge in [-0.25, -0.2) is 4.39 Å². The first-order chi connectivity index (χ1) is 11.7. The van der Waals surface area contributed by atoms with E-state index in [0.717, 1.165) is 51.0 Å². The van der Waals surface area contributed by atoms with Crippen molar-refractivity contribution in [2.45, 2.75) is 25.8 Å².